The Bertz CT molecular complexity index is 721. The van der Waals surface area contributed by atoms with Gasteiger partial charge in [0.25, 0.3) is 10.1 Å². The van der Waals surface area contributed by atoms with Gasteiger partial charge in [0.1, 0.15) is 13.2 Å². The van der Waals surface area contributed by atoms with Crippen LogP contribution < -0.4 is 0 Å². The minimum absolute atomic E-state index is 0.0764. The standard InChI is InChI=1S/C16H16O5S/c1-13-7-9-15(10-8-13)22(18,19)21-12-11-20-16(17)14-5-3-2-4-6-14/h2-10H,11-12H2,1H3. The van der Waals surface area contributed by atoms with Crippen LogP contribution in [0, 0.1) is 6.92 Å². The summed E-state index contributed by atoms with van der Waals surface area (Å²) < 4.78 is 33.6. The average molecular weight is 320 g/mol. The normalized spacial score (nSPS) is 11.1. The van der Waals surface area contributed by atoms with Crippen LogP contribution in [-0.4, -0.2) is 27.6 Å². The number of carbonyl (C=O) groups is 1. The van der Waals surface area contributed by atoms with Crippen LogP contribution in [0.4, 0.5) is 0 Å². The molecule has 0 aliphatic carbocycles. The number of esters is 1. The van der Waals surface area contributed by atoms with Gasteiger partial charge in [-0.15, -0.1) is 0 Å². The Labute approximate surface area is 129 Å². The smallest absolute Gasteiger partial charge is 0.338 e. The third-order valence-electron chi connectivity index (χ3n) is 2.87. The monoisotopic (exact) mass is 320 g/mol. The van der Waals surface area contributed by atoms with Crippen molar-refractivity contribution in [1.29, 1.82) is 0 Å². The Morgan fingerprint density at radius 2 is 1.59 bits per heavy atom. The highest BCUT2D eigenvalue weighted by molar-refractivity contribution is 7.86. The molecule has 0 aliphatic heterocycles. The average Bonchev–Trinajstić information content (AvgIpc) is 2.52. The summed E-state index contributed by atoms with van der Waals surface area (Å²) in [5.41, 5.74) is 1.36. The molecular weight excluding hydrogens is 304 g/mol. The van der Waals surface area contributed by atoms with Crippen molar-refractivity contribution >= 4 is 16.1 Å². The van der Waals surface area contributed by atoms with E-state index in [9.17, 15) is 13.2 Å². The summed E-state index contributed by atoms with van der Waals surface area (Å²) >= 11 is 0. The maximum Gasteiger partial charge on any atom is 0.338 e. The van der Waals surface area contributed by atoms with E-state index in [-0.39, 0.29) is 18.1 Å². The van der Waals surface area contributed by atoms with Crippen molar-refractivity contribution in [2.45, 2.75) is 11.8 Å². The van der Waals surface area contributed by atoms with Crippen molar-refractivity contribution < 1.29 is 22.1 Å². The summed E-state index contributed by atoms with van der Waals surface area (Å²) in [6.07, 6.45) is 0. The molecule has 2 aromatic rings. The molecule has 0 unspecified atom stereocenters. The predicted octanol–water partition coefficient (Wildman–Crippen LogP) is 2.56. The van der Waals surface area contributed by atoms with E-state index in [0.29, 0.717) is 5.56 Å². The van der Waals surface area contributed by atoms with Crippen molar-refractivity contribution in [3.8, 4) is 0 Å². The van der Waals surface area contributed by atoms with Crippen molar-refractivity contribution in [1.82, 2.24) is 0 Å². The zero-order valence-electron chi connectivity index (χ0n) is 12.1. The van der Waals surface area contributed by atoms with Crippen LogP contribution >= 0.6 is 0 Å². The number of ether oxygens (including phenoxy) is 1. The van der Waals surface area contributed by atoms with E-state index >= 15 is 0 Å². The number of hydrogen-bond acceptors (Lipinski definition) is 5. The molecule has 0 fully saturated rings. The summed E-state index contributed by atoms with van der Waals surface area (Å²) in [6.45, 7) is 1.49. The molecular formula is C16H16O5S. The van der Waals surface area contributed by atoms with E-state index in [1.54, 1.807) is 42.5 Å². The fourth-order valence-corrected chi connectivity index (χ4v) is 2.60. The van der Waals surface area contributed by atoms with E-state index < -0.39 is 16.1 Å². The Kier molecular flexibility index (Phi) is 5.30. The Hall–Kier alpha value is -2.18. The van der Waals surface area contributed by atoms with Crippen LogP contribution in [0.1, 0.15) is 15.9 Å². The highest BCUT2D eigenvalue weighted by Crippen LogP contribution is 2.13. The molecule has 116 valence electrons. The summed E-state index contributed by atoms with van der Waals surface area (Å²) in [5.74, 6) is -0.517. The van der Waals surface area contributed by atoms with Crippen molar-refractivity contribution in [2.75, 3.05) is 13.2 Å². The maximum absolute atomic E-state index is 11.9. The van der Waals surface area contributed by atoms with Gasteiger partial charge in [0.05, 0.1) is 10.5 Å². The predicted molar refractivity (Wildman–Crippen MR) is 81.0 cm³/mol. The zero-order chi connectivity index (χ0) is 16.0. The third-order valence-corrected chi connectivity index (χ3v) is 4.20. The Morgan fingerprint density at radius 1 is 0.955 bits per heavy atom. The van der Waals surface area contributed by atoms with Gasteiger partial charge in [-0.1, -0.05) is 35.9 Å². The first-order chi connectivity index (χ1) is 10.5. The first-order valence-corrected chi connectivity index (χ1v) is 8.08. The minimum Gasteiger partial charge on any atom is -0.460 e. The lowest BCUT2D eigenvalue weighted by Gasteiger charge is -2.07. The molecule has 0 saturated carbocycles. The largest absolute Gasteiger partial charge is 0.460 e. The van der Waals surface area contributed by atoms with E-state index in [4.69, 9.17) is 8.92 Å². The van der Waals surface area contributed by atoms with Gasteiger partial charge >= 0.3 is 5.97 Å². The van der Waals surface area contributed by atoms with Crippen LogP contribution in [-0.2, 0) is 19.0 Å². The lowest BCUT2D eigenvalue weighted by atomic mass is 10.2. The van der Waals surface area contributed by atoms with Crippen molar-refractivity contribution in [3.05, 3.63) is 65.7 Å². The van der Waals surface area contributed by atoms with Gasteiger partial charge in [0, 0.05) is 0 Å². The molecule has 0 bridgehead atoms. The second-order valence-corrected chi connectivity index (χ2v) is 6.21. The van der Waals surface area contributed by atoms with Crippen LogP contribution in [0.15, 0.2) is 59.5 Å². The fourth-order valence-electron chi connectivity index (χ4n) is 1.71. The van der Waals surface area contributed by atoms with Gasteiger partial charge in [-0.05, 0) is 31.2 Å². The molecule has 0 aliphatic rings. The molecule has 2 rings (SSSR count). The number of benzene rings is 2. The third kappa shape index (κ3) is 4.41. The van der Waals surface area contributed by atoms with Crippen LogP contribution in [0.25, 0.3) is 0 Å². The second-order valence-electron chi connectivity index (χ2n) is 4.59. The van der Waals surface area contributed by atoms with Gasteiger partial charge in [-0.3, -0.25) is 4.18 Å². The quantitative estimate of drug-likeness (QED) is 0.465. The second kappa shape index (κ2) is 7.20. The molecule has 0 atom stereocenters. The van der Waals surface area contributed by atoms with Gasteiger partial charge in [-0.25, -0.2) is 4.79 Å². The highest BCUT2D eigenvalue weighted by atomic mass is 32.2. The van der Waals surface area contributed by atoms with Gasteiger partial charge in [0.15, 0.2) is 0 Å². The number of hydrogen-bond donors (Lipinski definition) is 0. The first kappa shape index (κ1) is 16.2. The van der Waals surface area contributed by atoms with Crippen LogP contribution in [0.5, 0.6) is 0 Å². The molecule has 2 aromatic carbocycles. The topological polar surface area (TPSA) is 69.7 Å². The van der Waals surface area contributed by atoms with Crippen molar-refractivity contribution in [2.24, 2.45) is 0 Å². The van der Waals surface area contributed by atoms with E-state index in [0.717, 1.165) is 5.56 Å². The highest BCUT2D eigenvalue weighted by Gasteiger charge is 2.15. The fraction of sp³-hybridized carbons (Fsp3) is 0.188. The summed E-state index contributed by atoms with van der Waals surface area (Å²) in [5, 5.41) is 0. The summed E-state index contributed by atoms with van der Waals surface area (Å²) in [7, 11) is -3.83. The SMILES string of the molecule is Cc1ccc(S(=O)(=O)OCCOC(=O)c2ccccc2)cc1. The Morgan fingerprint density at radius 3 is 2.23 bits per heavy atom. The first-order valence-electron chi connectivity index (χ1n) is 6.67. The van der Waals surface area contributed by atoms with Crippen molar-refractivity contribution in [3.63, 3.8) is 0 Å². The molecule has 0 radical (unpaired) electrons. The van der Waals surface area contributed by atoms with Gasteiger partial charge in [-0.2, -0.15) is 8.42 Å². The molecule has 0 amide bonds. The molecule has 0 saturated heterocycles. The van der Waals surface area contributed by atoms with Crippen LogP contribution in [0.3, 0.4) is 0 Å². The maximum atomic E-state index is 11.9. The summed E-state index contributed by atoms with van der Waals surface area (Å²) in [4.78, 5) is 11.7. The van der Waals surface area contributed by atoms with Gasteiger partial charge < -0.3 is 4.74 Å². The minimum atomic E-state index is -3.83. The molecule has 0 aromatic heterocycles. The molecule has 6 heteroatoms. The summed E-state index contributed by atoms with van der Waals surface area (Å²) in [6, 6.07) is 14.8. The molecule has 5 nitrogen and oxygen atoms in total. The molecule has 0 heterocycles. The van der Waals surface area contributed by atoms with Gasteiger partial charge in [0.2, 0.25) is 0 Å². The lowest BCUT2D eigenvalue weighted by molar-refractivity contribution is 0.0453. The molecule has 22 heavy (non-hydrogen) atoms. The lowest BCUT2D eigenvalue weighted by Crippen LogP contribution is -2.14. The zero-order valence-corrected chi connectivity index (χ0v) is 12.9. The number of aryl methyl sites for hydroxylation is 1. The van der Waals surface area contributed by atoms with E-state index in [1.165, 1.54) is 12.1 Å². The van der Waals surface area contributed by atoms with E-state index in [2.05, 4.69) is 0 Å². The number of carbonyl (C=O) groups excluding carboxylic acids is 1. The molecule has 0 N–H and O–H groups in total. The van der Waals surface area contributed by atoms with Crippen LogP contribution in [0.2, 0.25) is 0 Å². The molecule has 0 spiro atoms. The Balaban J connectivity index is 1.83. The van der Waals surface area contributed by atoms with E-state index in [1.807, 2.05) is 6.92 Å². The number of rotatable bonds is 6.